The molecule has 3 saturated heterocycles. The number of fused-ring (bicyclic) bond motifs is 1. The molecule has 1 atom stereocenters. The van der Waals surface area contributed by atoms with E-state index in [9.17, 15) is 28.1 Å². The molecule has 6 heterocycles. The van der Waals surface area contributed by atoms with Crippen LogP contribution in [0.25, 0.3) is 11.0 Å². The van der Waals surface area contributed by atoms with E-state index in [0.29, 0.717) is 55.1 Å². The first-order chi connectivity index (χ1) is 37.5. The lowest BCUT2D eigenvalue weighted by atomic mass is 9.59. The van der Waals surface area contributed by atoms with Gasteiger partial charge in [0, 0.05) is 120 Å². The van der Waals surface area contributed by atoms with Crippen molar-refractivity contribution in [2.45, 2.75) is 106 Å². The van der Waals surface area contributed by atoms with Gasteiger partial charge in [-0.25, -0.2) is 27.5 Å². The van der Waals surface area contributed by atoms with Crippen LogP contribution in [0, 0.1) is 15.5 Å². The molecule has 78 heavy (non-hydrogen) atoms. The van der Waals surface area contributed by atoms with E-state index in [0.717, 1.165) is 88.2 Å². The third-order valence-electron chi connectivity index (χ3n) is 17.1. The fraction of sp³-hybridized carbons (Fsp3) is 0.448. The number of sulfonamides is 1. The second-order valence-electron chi connectivity index (χ2n) is 22.4. The van der Waals surface area contributed by atoms with Crippen molar-refractivity contribution in [3.05, 3.63) is 136 Å². The predicted octanol–water partition coefficient (Wildman–Crippen LogP) is 9.16. The number of nitro groups is 1. The van der Waals surface area contributed by atoms with Crippen LogP contribution < -0.4 is 24.4 Å². The normalized spacial score (nSPS) is 20.3. The number of nitrogens with zero attached hydrogens (tertiary/aromatic N) is 7. The summed E-state index contributed by atoms with van der Waals surface area (Å²) in [7, 11) is -3.01. The van der Waals surface area contributed by atoms with Gasteiger partial charge in [-0.15, -0.1) is 0 Å². The zero-order valence-corrected chi connectivity index (χ0v) is 45.1. The number of likely N-dealkylation sites (tertiary alicyclic amines) is 1. The number of H-pyrrole nitrogens is 1. The Kier molecular flexibility index (Phi) is 14.7. The fourth-order valence-corrected chi connectivity index (χ4v) is 13.4. The van der Waals surface area contributed by atoms with Crippen molar-refractivity contribution in [3.63, 3.8) is 0 Å². The number of carbonyl (C=O) groups excluding carboxylic acids is 2. The van der Waals surface area contributed by atoms with Gasteiger partial charge >= 0.3 is 0 Å². The number of pyridine rings is 2. The summed E-state index contributed by atoms with van der Waals surface area (Å²) >= 11 is 0. The Morgan fingerprint density at radius 2 is 1.65 bits per heavy atom. The minimum absolute atomic E-state index is 0.0462. The monoisotopic (exact) mass is 1080 g/mol. The number of nitrogens with one attached hydrogen (secondary N) is 3. The molecule has 0 radical (unpaired) electrons. The maximum Gasteiger partial charge on any atom is 0.293 e. The SMILES string of the molecule is COc1ccc(CN2CCN(C3CC4(CCN(c5cc(Oc6cnc7[nH]ccc7c6)c(C(=O)NS(=O)(=O)c6ccc(NCC7(F)CCN(C8CC(=O)C8)CC7)c([N+](=O)[O-])c6)cn5)CC4)C3)C(c3ccccc3C(C)C)C2)cc1. The lowest BCUT2D eigenvalue weighted by molar-refractivity contribution is -0.384. The largest absolute Gasteiger partial charge is 0.497 e. The molecule has 5 fully saturated rings. The van der Waals surface area contributed by atoms with Gasteiger partial charge in [-0.3, -0.25) is 34.4 Å². The van der Waals surface area contributed by atoms with E-state index in [1.165, 1.54) is 35.2 Å². The van der Waals surface area contributed by atoms with E-state index in [4.69, 9.17) is 14.5 Å². The Labute approximate surface area is 453 Å². The minimum Gasteiger partial charge on any atom is -0.497 e. The predicted molar refractivity (Wildman–Crippen MR) is 294 cm³/mol. The van der Waals surface area contributed by atoms with Gasteiger partial charge < -0.3 is 24.7 Å². The van der Waals surface area contributed by atoms with Crippen LogP contribution in [0.4, 0.5) is 21.6 Å². The summed E-state index contributed by atoms with van der Waals surface area (Å²) in [6.45, 7) is 10.5. The van der Waals surface area contributed by atoms with Crippen LogP contribution in [-0.2, 0) is 21.4 Å². The molecule has 0 bridgehead atoms. The van der Waals surface area contributed by atoms with Crippen molar-refractivity contribution < 1.29 is 36.8 Å². The van der Waals surface area contributed by atoms with Gasteiger partial charge in [0.15, 0.2) is 0 Å². The number of piperazine rings is 1. The molecular formula is C58H67FN10O8S. The van der Waals surface area contributed by atoms with Gasteiger partial charge in [0.25, 0.3) is 21.6 Å². The lowest BCUT2D eigenvalue weighted by Crippen LogP contribution is -2.60. The number of aromatic nitrogens is 3. The Morgan fingerprint density at radius 1 is 0.897 bits per heavy atom. The number of alkyl halides is 1. The Bertz CT molecular complexity index is 3310. The summed E-state index contributed by atoms with van der Waals surface area (Å²) in [5.41, 5.74) is 2.40. The van der Waals surface area contributed by atoms with E-state index in [2.05, 4.69) is 89.9 Å². The smallest absolute Gasteiger partial charge is 0.293 e. The minimum atomic E-state index is -4.71. The van der Waals surface area contributed by atoms with Gasteiger partial charge in [0.2, 0.25) is 0 Å². The van der Waals surface area contributed by atoms with Crippen molar-refractivity contribution >= 4 is 49.9 Å². The highest BCUT2D eigenvalue weighted by Gasteiger charge is 2.50. The number of carbonyl (C=O) groups is 2. The zero-order valence-electron chi connectivity index (χ0n) is 44.3. The van der Waals surface area contributed by atoms with E-state index in [1.54, 1.807) is 25.4 Å². The summed E-state index contributed by atoms with van der Waals surface area (Å²) in [5, 5.41) is 15.9. The molecule has 11 rings (SSSR count). The third-order valence-corrected chi connectivity index (χ3v) is 18.5. The van der Waals surface area contributed by atoms with Gasteiger partial charge in [0.1, 0.15) is 51.4 Å². The highest BCUT2D eigenvalue weighted by Crippen LogP contribution is 2.53. The molecule has 3 N–H and O–H groups in total. The zero-order chi connectivity index (χ0) is 54.3. The average molecular weight is 1080 g/mol. The van der Waals surface area contributed by atoms with Crippen LogP contribution in [0.2, 0.25) is 0 Å². The molecule has 410 valence electrons. The van der Waals surface area contributed by atoms with Crippen molar-refractivity contribution in [2.75, 3.05) is 69.7 Å². The second kappa shape index (κ2) is 21.7. The summed E-state index contributed by atoms with van der Waals surface area (Å²) in [4.78, 5) is 58.5. The van der Waals surface area contributed by atoms with Crippen LogP contribution in [0.1, 0.15) is 104 Å². The van der Waals surface area contributed by atoms with E-state index in [-0.39, 0.29) is 59.7 Å². The number of anilines is 2. The van der Waals surface area contributed by atoms with Crippen molar-refractivity contribution in [1.82, 2.24) is 34.4 Å². The molecule has 18 nitrogen and oxygen atoms in total. The summed E-state index contributed by atoms with van der Waals surface area (Å²) in [6.07, 6.45) is 9.98. The number of hydrogen-bond donors (Lipinski definition) is 3. The van der Waals surface area contributed by atoms with E-state index >= 15 is 4.39 Å². The molecule has 3 aromatic carbocycles. The van der Waals surface area contributed by atoms with Gasteiger partial charge in [-0.05, 0) is 103 Å². The molecule has 20 heteroatoms. The highest BCUT2D eigenvalue weighted by atomic mass is 32.2. The van der Waals surface area contributed by atoms with Crippen molar-refractivity contribution in [3.8, 4) is 17.2 Å². The van der Waals surface area contributed by atoms with Crippen LogP contribution >= 0.6 is 0 Å². The van der Waals surface area contributed by atoms with Gasteiger partial charge in [-0.1, -0.05) is 50.2 Å². The number of ether oxygens (including phenoxy) is 2. The molecule has 1 amide bonds. The highest BCUT2D eigenvalue weighted by molar-refractivity contribution is 7.90. The number of halogens is 1. The molecular weight excluding hydrogens is 1020 g/mol. The standard InChI is InChI=1S/C58H67FN10O8S/c1-38(2)47-6-4-5-7-48(47)52-36-65(35-39-8-10-44(76-3)11-9-39)24-25-68(52)42-31-57(32-42)15-20-67(21-16-57)54-30-53(77-45-26-40-14-19-60-55(40)62-33-45)49(34-61-54)56(71)64-78(74,75)46-12-13-50(51(29-46)69(72)73)63-37-58(59)17-22-66(23-18-58)41-27-43(70)28-41/h4-14,19,26,29-30,33-34,38,41-42,52,63H,15-18,20-25,27-28,31-32,35-37H2,1-3H3,(H,60,62)(H,64,71). The number of benzene rings is 3. The number of ketones is 1. The molecule has 1 spiro atoms. The Balaban J connectivity index is 0.767. The Morgan fingerprint density at radius 3 is 2.37 bits per heavy atom. The van der Waals surface area contributed by atoms with Gasteiger partial charge in [0.05, 0.1) is 23.1 Å². The first-order valence-electron chi connectivity index (χ1n) is 27.1. The number of Topliss-reactive ketones (excluding diaryl/α,β-unsaturated/α-hetero) is 1. The quantitative estimate of drug-likeness (QED) is 0.0575. The number of amides is 1. The molecule has 3 aliphatic heterocycles. The van der Waals surface area contributed by atoms with Crippen LogP contribution in [0.5, 0.6) is 17.2 Å². The fourth-order valence-electron chi connectivity index (χ4n) is 12.4. The number of piperidine rings is 2. The lowest BCUT2D eigenvalue weighted by Gasteiger charge is -2.58. The first-order valence-corrected chi connectivity index (χ1v) is 28.6. The first kappa shape index (κ1) is 53.0. The van der Waals surface area contributed by atoms with Crippen LogP contribution in [-0.4, -0.2) is 132 Å². The second-order valence-corrected chi connectivity index (χ2v) is 24.1. The molecule has 6 aromatic rings. The molecule has 5 aliphatic rings. The third kappa shape index (κ3) is 11.2. The van der Waals surface area contributed by atoms with Crippen LogP contribution in [0.3, 0.4) is 0 Å². The van der Waals surface area contributed by atoms with E-state index in [1.807, 2.05) is 18.2 Å². The average Bonchev–Trinajstić information content (AvgIpc) is 4.00. The molecule has 3 aromatic heterocycles. The van der Waals surface area contributed by atoms with Crippen LogP contribution in [0.15, 0.2) is 108 Å². The number of nitro benzene ring substituents is 1. The van der Waals surface area contributed by atoms with Gasteiger partial charge in [-0.2, -0.15) is 0 Å². The number of aromatic amines is 1. The number of rotatable bonds is 17. The Hall–Kier alpha value is -7.00. The number of hydrogen-bond acceptors (Lipinski definition) is 15. The van der Waals surface area contributed by atoms with Crippen molar-refractivity contribution in [1.29, 1.82) is 0 Å². The maximum absolute atomic E-state index is 15.9. The molecule has 1 unspecified atom stereocenters. The topological polar surface area (TPSA) is 208 Å². The van der Waals surface area contributed by atoms with E-state index < -0.39 is 37.1 Å². The number of methoxy groups -OCH3 is 1. The maximum atomic E-state index is 15.9. The summed E-state index contributed by atoms with van der Waals surface area (Å²) in [6, 6.07) is 26.6. The summed E-state index contributed by atoms with van der Waals surface area (Å²) in [5.74, 6) is 1.32. The molecule has 2 aliphatic carbocycles. The van der Waals surface area contributed by atoms with Crippen molar-refractivity contribution in [2.24, 2.45) is 5.41 Å². The summed E-state index contributed by atoms with van der Waals surface area (Å²) < 4.78 is 57.6. The molecule has 2 saturated carbocycles.